The molecule has 0 saturated heterocycles. The average Bonchev–Trinajstić information content (AvgIpc) is 2.51. The van der Waals surface area contributed by atoms with Gasteiger partial charge >= 0.3 is 0 Å². The van der Waals surface area contributed by atoms with Gasteiger partial charge in [0, 0.05) is 17.2 Å². The van der Waals surface area contributed by atoms with Crippen molar-refractivity contribution < 1.29 is 17.5 Å². The zero-order valence-corrected chi connectivity index (χ0v) is 16.4. The van der Waals surface area contributed by atoms with Gasteiger partial charge in [0.05, 0.1) is 28.6 Å². The molecule has 1 aliphatic heterocycles. The third-order valence-electron chi connectivity index (χ3n) is 4.07. The van der Waals surface area contributed by atoms with Gasteiger partial charge in [0.2, 0.25) is 10.0 Å². The van der Waals surface area contributed by atoms with Crippen molar-refractivity contribution in [1.82, 2.24) is 0 Å². The summed E-state index contributed by atoms with van der Waals surface area (Å²) in [6.45, 7) is 3.45. The minimum Gasteiger partial charge on any atom is -0.482 e. The summed E-state index contributed by atoms with van der Waals surface area (Å²) < 4.78 is 44.8. The minimum atomic E-state index is -3.51. The molecule has 1 heterocycles. The van der Waals surface area contributed by atoms with Gasteiger partial charge in [-0.15, -0.1) is 0 Å². The molecular weight excluding hydrogens is 391 g/mol. The van der Waals surface area contributed by atoms with Gasteiger partial charge in [-0.3, -0.25) is 4.72 Å². The van der Waals surface area contributed by atoms with Crippen molar-refractivity contribution >= 4 is 32.9 Å². The molecule has 0 bridgehead atoms. The molecule has 0 aliphatic carbocycles. The van der Waals surface area contributed by atoms with Crippen molar-refractivity contribution in [2.75, 3.05) is 11.0 Å². The maximum absolute atomic E-state index is 13.4. The maximum Gasteiger partial charge on any atom is 0.229 e. The third kappa shape index (κ3) is 3.77. The summed E-state index contributed by atoms with van der Waals surface area (Å²) in [6, 6.07) is 10.9. The Labute approximate surface area is 162 Å². The quantitative estimate of drug-likeness (QED) is 0.821. The largest absolute Gasteiger partial charge is 0.482 e. The molecule has 0 fully saturated rings. The van der Waals surface area contributed by atoms with Crippen LogP contribution in [0.5, 0.6) is 5.75 Å². The monoisotopic (exact) mass is 406 g/mol. The molecule has 27 heavy (non-hydrogen) atoms. The number of fused-ring (bicyclic) bond motifs is 1. The highest BCUT2D eigenvalue weighted by Gasteiger charge is 2.37. The highest BCUT2D eigenvalue weighted by molar-refractivity contribution is 7.92. The van der Waals surface area contributed by atoms with Crippen LogP contribution in [0.25, 0.3) is 5.57 Å². The van der Waals surface area contributed by atoms with Gasteiger partial charge in [0.1, 0.15) is 17.2 Å². The number of halogens is 2. The van der Waals surface area contributed by atoms with Crippen LogP contribution in [0.15, 0.2) is 42.0 Å². The molecule has 2 aromatic carbocycles. The molecule has 3 rings (SSSR count). The Kier molecular flexibility index (Phi) is 4.66. The van der Waals surface area contributed by atoms with Gasteiger partial charge in [0.25, 0.3) is 0 Å². The lowest BCUT2D eigenvalue weighted by molar-refractivity contribution is 0.150. The number of rotatable bonds is 3. The molecule has 0 spiro atoms. The Morgan fingerprint density at radius 2 is 1.85 bits per heavy atom. The summed E-state index contributed by atoms with van der Waals surface area (Å²) in [4.78, 5) is 0. The molecule has 0 atom stereocenters. The van der Waals surface area contributed by atoms with E-state index in [2.05, 4.69) is 10.8 Å². The smallest absolute Gasteiger partial charge is 0.229 e. The molecule has 1 aliphatic rings. The lowest BCUT2D eigenvalue weighted by Crippen LogP contribution is -2.34. The minimum absolute atomic E-state index is 0.209. The first kappa shape index (κ1) is 19.2. The number of ether oxygens (including phenoxy) is 1. The van der Waals surface area contributed by atoms with E-state index < -0.39 is 21.4 Å². The van der Waals surface area contributed by atoms with Crippen LogP contribution in [0.1, 0.15) is 25.0 Å². The molecule has 0 radical (unpaired) electrons. The van der Waals surface area contributed by atoms with Crippen molar-refractivity contribution in [2.24, 2.45) is 0 Å². The summed E-state index contributed by atoms with van der Waals surface area (Å²) >= 11 is 6.44. The number of nitriles is 1. The van der Waals surface area contributed by atoms with Crippen molar-refractivity contribution in [3.63, 3.8) is 0 Å². The number of benzene rings is 2. The Balaban J connectivity index is 2.30. The van der Waals surface area contributed by atoms with Gasteiger partial charge < -0.3 is 4.74 Å². The number of hydrogen-bond acceptors (Lipinski definition) is 4. The van der Waals surface area contributed by atoms with E-state index in [0.29, 0.717) is 28.0 Å². The van der Waals surface area contributed by atoms with Crippen LogP contribution >= 0.6 is 11.6 Å². The first-order valence-electron chi connectivity index (χ1n) is 7.93. The van der Waals surface area contributed by atoms with Crippen molar-refractivity contribution in [3.8, 4) is 11.8 Å². The van der Waals surface area contributed by atoms with E-state index in [9.17, 15) is 18.1 Å². The Hall–Kier alpha value is -2.56. The highest BCUT2D eigenvalue weighted by atomic mass is 35.5. The van der Waals surface area contributed by atoms with Crippen LogP contribution in [-0.4, -0.2) is 20.3 Å². The van der Waals surface area contributed by atoms with E-state index in [1.54, 1.807) is 26.0 Å². The standard InChI is InChI=1S/C19H16ClFN2O3S/c1-19(2)14(10-22)17(11-4-6-12(21)7-5-11)18-15(20)8-13(9-16(18)26-19)23-27(3,24)25/h4-9,23H,1-3H3. The molecular formula is C19H16ClFN2O3S. The Morgan fingerprint density at radius 3 is 2.41 bits per heavy atom. The first-order chi connectivity index (χ1) is 12.5. The number of nitrogens with one attached hydrogen (secondary N) is 1. The molecule has 1 N–H and O–H groups in total. The summed E-state index contributed by atoms with van der Waals surface area (Å²) in [7, 11) is -3.51. The van der Waals surface area contributed by atoms with Crippen molar-refractivity contribution in [2.45, 2.75) is 19.4 Å². The summed E-state index contributed by atoms with van der Waals surface area (Å²) in [5.41, 5.74) is 1.19. The van der Waals surface area contributed by atoms with Gasteiger partial charge in [-0.25, -0.2) is 12.8 Å². The van der Waals surface area contributed by atoms with Crippen molar-refractivity contribution in [1.29, 1.82) is 5.26 Å². The van der Waals surface area contributed by atoms with Crippen LogP contribution in [0.2, 0.25) is 5.02 Å². The molecule has 0 aromatic heterocycles. The number of nitrogens with zero attached hydrogens (tertiary/aromatic N) is 1. The second kappa shape index (κ2) is 6.55. The topological polar surface area (TPSA) is 79.2 Å². The second-order valence-electron chi connectivity index (χ2n) is 6.69. The first-order valence-corrected chi connectivity index (χ1v) is 10.2. The molecule has 0 saturated carbocycles. The summed E-state index contributed by atoms with van der Waals surface area (Å²) in [5, 5.41) is 9.95. The lowest BCUT2D eigenvalue weighted by Gasteiger charge is -2.35. The van der Waals surface area contributed by atoms with E-state index in [-0.39, 0.29) is 10.7 Å². The van der Waals surface area contributed by atoms with E-state index >= 15 is 0 Å². The van der Waals surface area contributed by atoms with Gasteiger partial charge in [0.15, 0.2) is 0 Å². The number of anilines is 1. The highest BCUT2D eigenvalue weighted by Crippen LogP contribution is 2.47. The molecule has 0 unspecified atom stereocenters. The predicted molar refractivity (Wildman–Crippen MR) is 103 cm³/mol. The lowest BCUT2D eigenvalue weighted by atomic mass is 9.83. The maximum atomic E-state index is 13.4. The SMILES string of the molecule is CC1(C)Oc2cc(NS(C)(=O)=O)cc(Cl)c2C(c2ccc(F)cc2)=C1C#N. The third-order valence-corrected chi connectivity index (χ3v) is 4.97. The number of sulfonamides is 1. The summed E-state index contributed by atoms with van der Waals surface area (Å²) in [5.74, 6) is -0.0693. The summed E-state index contributed by atoms with van der Waals surface area (Å²) in [6.07, 6.45) is 1.03. The van der Waals surface area contributed by atoms with Crippen LogP contribution < -0.4 is 9.46 Å². The Morgan fingerprint density at radius 1 is 1.22 bits per heavy atom. The van der Waals surface area contributed by atoms with Crippen LogP contribution in [0.4, 0.5) is 10.1 Å². The predicted octanol–water partition coefficient (Wildman–Crippen LogP) is 4.35. The van der Waals surface area contributed by atoms with E-state index in [0.717, 1.165) is 6.26 Å². The van der Waals surface area contributed by atoms with Crippen molar-refractivity contribution in [3.05, 3.63) is 63.9 Å². The van der Waals surface area contributed by atoms with Crippen LogP contribution in [-0.2, 0) is 10.0 Å². The van der Waals surface area contributed by atoms with Crippen LogP contribution in [0, 0.1) is 17.1 Å². The average molecular weight is 407 g/mol. The van der Waals surface area contributed by atoms with Gasteiger partial charge in [-0.05, 0) is 37.6 Å². The fourth-order valence-electron chi connectivity index (χ4n) is 3.03. The van der Waals surface area contributed by atoms with Gasteiger partial charge in [-0.1, -0.05) is 23.7 Å². The molecule has 140 valence electrons. The Bertz CT molecular complexity index is 1100. The number of hydrogen-bond donors (Lipinski definition) is 1. The normalized spacial score (nSPS) is 15.6. The van der Waals surface area contributed by atoms with E-state index in [4.69, 9.17) is 16.3 Å². The molecule has 2 aromatic rings. The molecule has 8 heteroatoms. The van der Waals surface area contributed by atoms with Gasteiger partial charge in [-0.2, -0.15) is 5.26 Å². The molecule has 5 nitrogen and oxygen atoms in total. The molecule has 0 amide bonds. The van der Waals surface area contributed by atoms with E-state index in [1.165, 1.54) is 24.3 Å². The van der Waals surface area contributed by atoms with Crippen LogP contribution in [0.3, 0.4) is 0 Å². The second-order valence-corrected chi connectivity index (χ2v) is 8.84. The fraction of sp³-hybridized carbons (Fsp3) is 0.211. The van der Waals surface area contributed by atoms with E-state index in [1.807, 2.05) is 0 Å². The zero-order valence-electron chi connectivity index (χ0n) is 14.8. The zero-order chi connectivity index (χ0) is 20.0. The fourth-order valence-corrected chi connectivity index (χ4v) is 3.88.